The number of phenolic OH excluding ortho intramolecular Hbond substituents is 1. The molecule has 0 fully saturated rings. The van der Waals surface area contributed by atoms with Crippen LogP contribution >= 0.6 is 0 Å². The molecule has 1 aromatic heterocycles. The van der Waals surface area contributed by atoms with Crippen LogP contribution in [-0.2, 0) is 6.42 Å². The predicted octanol–water partition coefficient (Wildman–Crippen LogP) is 2.88. The number of fused-ring (bicyclic) bond motifs is 1. The van der Waals surface area contributed by atoms with Crippen molar-refractivity contribution in [2.24, 2.45) is 0 Å². The van der Waals surface area contributed by atoms with Crippen molar-refractivity contribution in [2.75, 3.05) is 0 Å². The third-order valence-electron chi connectivity index (χ3n) is 2.16. The maximum absolute atomic E-state index is 9.23. The lowest BCUT2D eigenvalue weighted by Crippen LogP contribution is -1.82. The number of aryl methyl sites for hydroxylation is 1. The molecule has 3 heteroatoms. The summed E-state index contributed by atoms with van der Waals surface area (Å²) in [6, 6.07) is 4.98. The van der Waals surface area contributed by atoms with Gasteiger partial charge >= 0.3 is 0 Å². The second-order valence-corrected chi connectivity index (χ2v) is 3.36. The van der Waals surface area contributed by atoms with Gasteiger partial charge in [0.1, 0.15) is 11.3 Å². The minimum atomic E-state index is 0.218. The van der Waals surface area contributed by atoms with Crippen molar-refractivity contribution in [1.82, 2.24) is 4.98 Å². The van der Waals surface area contributed by atoms with Crippen LogP contribution in [0, 0.1) is 0 Å². The maximum atomic E-state index is 9.23. The summed E-state index contributed by atoms with van der Waals surface area (Å²) in [5.41, 5.74) is 1.48. The van der Waals surface area contributed by atoms with E-state index in [1.54, 1.807) is 18.2 Å². The quantitative estimate of drug-likeness (QED) is 0.811. The molecule has 0 aliphatic heterocycles. The first kappa shape index (κ1) is 9.06. The highest BCUT2D eigenvalue weighted by molar-refractivity contribution is 5.74. The SMILES string of the molecule is CCCCc1nc2ccc(O)cc2o1. The molecule has 2 aromatic rings. The first-order chi connectivity index (χ1) is 6.79. The normalized spacial score (nSPS) is 10.9. The summed E-state index contributed by atoms with van der Waals surface area (Å²) in [4.78, 5) is 4.31. The molecule has 74 valence electrons. The van der Waals surface area contributed by atoms with E-state index in [-0.39, 0.29) is 5.75 Å². The van der Waals surface area contributed by atoms with Crippen LogP contribution in [0.4, 0.5) is 0 Å². The van der Waals surface area contributed by atoms with Crippen LogP contribution in [0.5, 0.6) is 5.75 Å². The number of oxazole rings is 1. The van der Waals surface area contributed by atoms with Crippen molar-refractivity contribution in [3.8, 4) is 5.75 Å². The molecule has 0 atom stereocenters. The van der Waals surface area contributed by atoms with Crippen LogP contribution in [0.15, 0.2) is 22.6 Å². The summed E-state index contributed by atoms with van der Waals surface area (Å²) < 4.78 is 5.48. The zero-order chi connectivity index (χ0) is 9.97. The van der Waals surface area contributed by atoms with E-state index in [1.807, 2.05) is 0 Å². The summed E-state index contributed by atoms with van der Waals surface area (Å²) in [5.74, 6) is 0.975. The molecule has 2 rings (SSSR count). The molecule has 14 heavy (non-hydrogen) atoms. The van der Waals surface area contributed by atoms with Gasteiger partial charge in [-0.05, 0) is 18.6 Å². The van der Waals surface area contributed by atoms with E-state index in [0.29, 0.717) is 5.58 Å². The number of phenols is 1. The molecule has 0 amide bonds. The van der Waals surface area contributed by atoms with Crippen LogP contribution in [0.2, 0.25) is 0 Å². The Labute approximate surface area is 82.4 Å². The smallest absolute Gasteiger partial charge is 0.195 e. The topological polar surface area (TPSA) is 46.3 Å². The number of aromatic hydroxyl groups is 1. The summed E-state index contributed by atoms with van der Waals surface area (Å²) in [6.07, 6.45) is 3.08. The first-order valence-corrected chi connectivity index (χ1v) is 4.88. The van der Waals surface area contributed by atoms with Gasteiger partial charge in [0.25, 0.3) is 0 Å². The molecule has 1 aromatic carbocycles. The van der Waals surface area contributed by atoms with Crippen molar-refractivity contribution in [3.63, 3.8) is 0 Å². The van der Waals surface area contributed by atoms with Crippen LogP contribution in [0.1, 0.15) is 25.7 Å². The molecule has 0 saturated carbocycles. The number of aromatic nitrogens is 1. The summed E-state index contributed by atoms with van der Waals surface area (Å²) in [7, 11) is 0. The predicted molar refractivity (Wildman–Crippen MR) is 54.3 cm³/mol. The molecule has 0 aliphatic carbocycles. The lowest BCUT2D eigenvalue weighted by atomic mass is 10.2. The number of hydrogen-bond donors (Lipinski definition) is 1. The molecule has 0 unspecified atom stereocenters. The minimum Gasteiger partial charge on any atom is -0.508 e. The average molecular weight is 191 g/mol. The van der Waals surface area contributed by atoms with Gasteiger partial charge in [0.05, 0.1) is 0 Å². The molecule has 0 saturated heterocycles. The molecule has 0 spiro atoms. The summed E-state index contributed by atoms with van der Waals surface area (Å²) in [5, 5.41) is 9.23. The molecule has 3 nitrogen and oxygen atoms in total. The van der Waals surface area contributed by atoms with E-state index in [1.165, 1.54) is 0 Å². The number of hydrogen-bond acceptors (Lipinski definition) is 3. The van der Waals surface area contributed by atoms with Crippen LogP contribution in [0.25, 0.3) is 11.1 Å². The Hall–Kier alpha value is -1.51. The third kappa shape index (κ3) is 1.71. The highest BCUT2D eigenvalue weighted by atomic mass is 16.3. The standard InChI is InChI=1S/C11H13NO2/c1-2-3-4-11-12-9-6-5-8(13)7-10(9)14-11/h5-7,13H,2-4H2,1H3. The Balaban J connectivity index is 2.32. The van der Waals surface area contributed by atoms with Gasteiger partial charge in [0.2, 0.25) is 0 Å². The minimum absolute atomic E-state index is 0.218. The van der Waals surface area contributed by atoms with Gasteiger partial charge in [-0.25, -0.2) is 4.98 Å². The van der Waals surface area contributed by atoms with Gasteiger partial charge in [-0.2, -0.15) is 0 Å². The Kier molecular flexibility index (Phi) is 2.39. The molecular weight excluding hydrogens is 178 g/mol. The highest BCUT2D eigenvalue weighted by Crippen LogP contribution is 2.21. The Morgan fingerprint density at radius 2 is 2.29 bits per heavy atom. The van der Waals surface area contributed by atoms with E-state index in [9.17, 15) is 5.11 Å². The monoisotopic (exact) mass is 191 g/mol. The average Bonchev–Trinajstić information content (AvgIpc) is 2.56. The number of nitrogens with zero attached hydrogens (tertiary/aromatic N) is 1. The van der Waals surface area contributed by atoms with E-state index in [0.717, 1.165) is 30.7 Å². The second kappa shape index (κ2) is 3.70. The fourth-order valence-electron chi connectivity index (χ4n) is 1.40. The highest BCUT2D eigenvalue weighted by Gasteiger charge is 2.05. The van der Waals surface area contributed by atoms with Crippen molar-refractivity contribution in [1.29, 1.82) is 0 Å². The van der Waals surface area contributed by atoms with E-state index >= 15 is 0 Å². The Bertz CT molecular complexity index is 434. The molecule has 0 bridgehead atoms. The largest absolute Gasteiger partial charge is 0.508 e. The van der Waals surface area contributed by atoms with Crippen molar-refractivity contribution >= 4 is 11.1 Å². The van der Waals surface area contributed by atoms with Crippen LogP contribution in [-0.4, -0.2) is 10.1 Å². The van der Waals surface area contributed by atoms with Gasteiger partial charge in [0, 0.05) is 12.5 Å². The fourth-order valence-corrected chi connectivity index (χ4v) is 1.40. The fraction of sp³-hybridized carbons (Fsp3) is 0.364. The molecular formula is C11H13NO2. The van der Waals surface area contributed by atoms with Gasteiger partial charge in [-0.15, -0.1) is 0 Å². The Morgan fingerprint density at radius 3 is 3.07 bits per heavy atom. The summed E-state index contributed by atoms with van der Waals surface area (Å²) >= 11 is 0. The first-order valence-electron chi connectivity index (χ1n) is 4.88. The van der Waals surface area contributed by atoms with Gasteiger partial charge in [-0.3, -0.25) is 0 Å². The molecule has 1 heterocycles. The zero-order valence-electron chi connectivity index (χ0n) is 8.16. The number of unbranched alkanes of at least 4 members (excludes halogenated alkanes) is 1. The zero-order valence-corrected chi connectivity index (χ0v) is 8.16. The number of benzene rings is 1. The lowest BCUT2D eigenvalue weighted by Gasteiger charge is -1.89. The van der Waals surface area contributed by atoms with Crippen molar-refractivity contribution in [3.05, 3.63) is 24.1 Å². The van der Waals surface area contributed by atoms with Crippen LogP contribution in [0.3, 0.4) is 0 Å². The van der Waals surface area contributed by atoms with Gasteiger partial charge < -0.3 is 9.52 Å². The molecule has 0 aliphatic rings. The maximum Gasteiger partial charge on any atom is 0.195 e. The van der Waals surface area contributed by atoms with Gasteiger partial charge in [0.15, 0.2) is 11.5 Å². The Morgan fingerprint density at radius 1 is 1.43 bits per heavy atom. The van der Waals surface area contributed by atoms with E-state index in [2.05, 4.69) is 11.9 Å². The van der Waals surface area contributed by atoms with Gasteiger partial charge in [-0.1, -0.05) is 13.3 Å². The van der Waals surface area contributed by atoms with Crippen molar-refractivity contribution in [2.45, 2.75) is 26.2 Å². The molecule has 0 radical (unpaired) electrons. The van der Waals surface area contributed by atoms with E-state index < -0.39 is 0 Å². The third-order valence-corrected chi connectivity index (χ3v) is 2.16. The number of rotatable bonds is 3. The van der Waals surface area contributed by atoms with Crippen molar-refractivity contribution < 1.29 is 9.52 Å². The van der Waals surface area contributed by atoms with E-state index in [4.69, 9.17) is 4.42 Å². The molecule has 1 N–H and O–H groups in total. The lowest BCUT2D eigenvalue weighted by molar-refractivity contribution is 0.472. The summed E-state index contributed by atoms with van der Waals surface area (Å²) in [6.45, 7) is 2.13. The van der Waals surface area contributed by atoms with Crippen LogP contribution < -0.4 is 0 Å². The second-order valence-electron chi connectivity index (χ2n) is 3.36.